The number of benzene rings is 2. The number of nitrogens with two attached hydrogens (primary N) is 1. The lowest BCUT2D eigenvalue weighted by Crippen LogP contribution is -2.45. The summed E-state index contributed by atoms with van der Waals surface area (Å²) in [6, 6.07) is 15.5. The zero-order valence-electron chi connectivity index (χ0n) is 13.6. The van der Waals surface area contributed by atoms with Crippen LogP contribution in [0.5, 0.6) is 0 Å². The molecule has 0 bridgehead atoms. The molecule has 0 saturated carbocycles. The molecule has 1 fully saturated rings. The molecule has 0 spiro atoms. The van der Waals surface area contributed by atoms with Crippen LogP contribution in [0, 0.1) is 5.82 Å². The van der Waals surface area contributed by atoms with Gasteiger partial charge in [-0.15, -0.1) is 0 Å². The third-order valence-electron chi connectivity index (χ3n) is 4.45. The van der Waals surface area contributed by atoms with Gasteiger partial charge in [-0.2, -0.15) is 0 Å². The number of hydrogen-bond donors (Lipinski definition) is 1. The molecule has 1 saturated heterocycles. The number of halogens is 1. The number of hydrogen-bond acceptors (Lipinski definition) is 3. The summed E-state index contributed by atoms with van der Waals surface area (Å²) in [5.41, 5.74) is 8.17. The Bertz CT molecular complexity index is 697. The van der Waals surface area contributed by atoms with Gasteiger partial charge in [0, 0.05) is 50.4 Å². The first kappa shape index (κ1) is 17.0. The quantitative estimate of drug-likeness (QED) is 0.846. The van der Waals surface area contributed by atoms with E-state index >= 15 is 0 Å². The summed E-state index contributed by atoms with van der Waals surface area (Å²) in [4.78, 5) is 4.97. The summed E-state index contributed by atoms with van der Waals surface area (Å²) in [6.45, 7) is 5.50. The van der Waals surface area contributed by atoms with E-state index in [4.69, 9.17) is 18.0 Å². The van der Waals surface area contributed by atoms with E-state index in [0.29, 0.717) is 17.7 Å². The maximum absolute atomic E-state index is 14.2. The summed E-state index contributed by atoms with van der Waals surface area (Å²) >= 11 is 4.89. The monoisotopic (exact) mass is 343 g/mol. The van der Waals surface area contributed by atoms with Gasteiger partial charge < -0.3 is 5.73 Å². The lowest BCUT2D eigenvalue weighted by atomic mass is 10.1. The molecule has 0 radical (unpaired) electrons. The van der Waals surface area contributed by atoms with Crippen molar-refractivity contribution >= 4 is 17.2 Å². The Kier molecular flexibility index (Phi) is 5.56. The van der Waals surface area contributed by atoms with Crippen LogP contribution in [0.4, 0.5) is 4.39 Å². The third kappa shape index (κ3) is 4.38. The fraction of sp³-hybridized carbons (Fsp3) is 0.316. The molecule has 2 N–H and O–H groups in total. The molecule has 0 aromatic heterocycles. The number of nitrogens with zero attached hydrogens (tertiary/aromatic N) is 2. The van der Waals surface area contributed by atoms with Gasteiger partial charge in [0.15, 0.2) is 0 Å². The van der Waals surface area contributed by atoms with Crippen LogP contribution in [-0.4, -0.2) is 41.0 Å². The second kappa shape index (κ2) is 7.83. The summed E-state index contributed by atoms with van der Waals surface area (Å²) in [7, 11) is 0. The molecule has 2 aromatic carbocycles. The zero-order chi connectivity index (χ0) is 16.9. The molecule has 0 aliphatic carbocycles. The van der Waals surface area contributed by atoms with Gasteiger partial charge in [0.25, 0.3) is 0 Å². The van der Waals surface area contributed by atoms with E-state index in [2.05, 4.69) is 34.1 Å². The van der Waals surface area contributed by atoms with Crippen molar-refractivity contribution in [2.75, 3.05) is 26.2 Å². The van der Waals surface area contributed by atoms with Crippen molar-refractivity contribution < 1.29 is 4.39 Å². The average Bonchev–Trinajstić information content (AvgIpc) is 2.59. The fourth-order valence-corrected chi connectivity index (χ4v) is 3.14. The van der Waals surface area contributed by atoms with Crippen molar-refractivity contribution in [2.24, 2.45) is 5.73 Å². The van der Waals surface area contributed by atoms with E-state index in [9.17, 15) is 4.39 Å². The second-order valence-electron chi connectivity index (χ2n) is 6.21. The first-order valence-corrected chi connectivity index (χ1v) is 8.59. The van der Waals surface area contributed by atoms with Crippen molar-refractivity contribution in [3.63, 3.8) is 0 Å². The summed E-state index contributed by atoms with van der Waals surface area (Å²) in [5.74, 6) is -0.230. The normalized spacial score (nSPS) is 16.2. The molecule has 0 amide bonds. The molecule has 3 nitrogen and oxygen atoms in total. The topological polar surface area (TPSA) is 32.5 Å². The maximum Gasteiger partial charge on any atom is 0.128 e. The number of rotatable bonds is 5. The van der Waals surface area contributed by atoms with Crippen molar-refractivity contribution in [3.8, 4) is 0 Å². The summed E-state index contributed by atoms with van der Waals surface area (Å²) in [5, 5.41) is 0. The summed E-state index contributed by atoms with van der Waals surface area (Å²) < 4.78 is 14.2. The van der Waals surface area contributed by atoms with Gasteiger partial charge in [-0.05, 0) is 11.6 Å². The number of piperazine rings is 1. The highest BCUT2D eigenvalue weighted by Gasteiger charge is 2.18. The van der Waals surface area contributed by atoms with E-state index in [0.717, 1.165) is 32.7 Å². The Morgan fingerprint density at radius 1 is 0.958 bits per heavy atom. The van der Waals surface area contributed by atoms with Gasteiger partial charge in [0.05, 0.1) is 0 Å². The van der Waals surface area contributed by atoms with Crippen molar-refractivity contribution in [2.45, 2.75) is 13.1 Å². The highest BCUT2D eigenvalue weighted by molar-refractivity contribution is 7.80. The summed E-state index contributed by atoms with van der Waals surface area (Å²) in [6.07, 6.45) is 0. The molecule has 1 aliphatic rings. The van der Waals surface area contributed by atoms with Crippen LogP contribution in [0.3, 0.4) is 0 Å². The minimum Gasteiger partial charge on any atom is -0.389 e. The molecular weight excluding hydrogens is 321 g/mol. The second-order valence-corrected chi connectivity index (χ2v) is 6.65. The van der Waals surface area contributed by atoms with E-state index in [1.165, 1.54) is 11.6 Å². The van der Waals surface area contributed by atoms with Crippen LogP contribution in [0.25, 0.3) is 0 Å². The Hall–Kier alpha value is -1.82. The molecule has 1 aliphatic heterocycles. The molecular formula is C19H22FN3S. The molecule has 5 heteroatoms. The predicted molar refractivity (Wildman–Crippen MR) is 99.3 cm³/mol. The van der Waals surface area contributed by atoms with E-state index in [1.54, 1.807) is 12.1 Å². The molecule has 3 rings (SSSR count). The molecule has 126 valence electrons. The van der Waals surface area contributed by atoms with Crippen LogP contribution in [0.1, 0.15) is 16.7 Å². The van der Waals surface area contributed by atoms with Gasteiger partial charge in [-0.1, -0.05) is 54.7 Å². The Labute approximate surface area is 147 Å². The molecule has 1 heterocycles. The van der Waals surface area contributed by atoms with Crippen molar-refractivity contribution in [1.82, 2.24) is 9.80 Å². The highest BCUT2D eigenvalue weighted by Crippen LogP contribution is 2.15. The van der Waals surface area contributed by atoms with Crippen LogP contribution >= 0.6 is 12.2 Å². The van der Waals surface area contributed by atoms with Gasteiger partial charge >= 0.3 is 0 Å². The van der Waals surface area contributed by atoms with Crippen LogP contribution in [0.15, 0.2) is 48.5 Å². The van der Waals surface area contributed by atoms with E-state index in [-0.39, 0.29) is 10.8 Å². The third-order valence-corrected chi connectivity index (χ3v) is 4.68. The Morgan fingerprint density at radius 2 is 1.58 bits per heavy atom. The van der Waals surface area contributed by atoms with Crippen LogP contribution in [-0.2, 0) is 13.1 Å². The fourth-order valence-electron chi connectivity index (χ4n) is 3.02. The molecule has 24 heavy (non-hydrogen) atoms. The lowest BCUT2D eigenvalue weighted by molar-refractivity contribution is 0.121. The smallest absolute Gasteiger partial charge is 0.128 e. The van der Waals surface area contributed by atoms with Gasteiger partial charge in [-0.25, -0.2) is 4.39 Å². The van der Waals surface area contributed by atoms with Crippen LogP contribution in [0.2, 0.25) is 0 Å². The lowest BCUT2D eigenvalue weighted by Gasteiger charge is -2.34. The SMILES string of the molecule is NC(=S)c1ccc(CN2CCN(Cc3ccccc3)CC2)c(F)c1. The van der Waals surface area contributed by atoms with Crippen molar-refractivity contribution in [3.05, 3.63) is 71.0 Å². The maximum atomic E-state index is 14.2. The van der Waals surface area contributed by atoms with Gasteiger partial charge in [0.1, 0.15) is 10.8 Å². The standard InChI is InChI=1S/C19H22FN3S/c20-18-12-16(19(21)24)6-7-17(18)14-23-10-8-22(9-11-23)13-15-4-2-1-3-5-15/h1-7,12H,8-11,13-14H2,(H2,21,24). The largest absolute Gasteiger partial charge is 0.389 e. The molecule has 0 atom stereocenters. The minimum absolute atomic E-state index is 0.230. The van der Waals surface area contributed by atoms with E-state index < -0.39 is 0 Å². The minimum atomic E-state index is -0.230. The zero-order valence-corrected chi connectivity index (χ0v) is 14.4. The van der Waals surface area contributed by atoms with Crippen molar-refractivity contribution in [1.29, 1.82) is 0 Å². The first-order chi connectivity index (χ1) is 11.6. The molecule has 2 aromatic rings. The highest BCUT2D eigenvalue weighted by atomic mass is 32.1. The Balaban J connectivity index is 1.53. The van der Waals surface area contributed by atoms with Crippen LogP contribution < -0.4 is 5.73 Å². The van der Waals surface area contributed by atoms with Gasteiger partial charge in [0.2, 0.25) is 0 Å². The van der Waals surface area contributed by atoms with E-state index in [1.807, 2.05) is 6.07 Å². The first-order valence-electron chi connectivity index (χ1n) is 8.18. The van der Waals surface area contributed by atoms with Gasteiger partial charge in [-0.3, -0.25) is 9.80 Å². The number of thiocarbonyl (C=S) groups is 1. The average molecular weight is 343 g/mol. The Morgan fingerprint density at radius 3 is 2.17 bits per heavy atom. The predicted octanol–water partition coefficient (Wildman–Crippen LogP) is 2.78. The molecule has 0 unspecified atom stereocenters.